The van der Waals surface area contributed by atoms with Crippen molar-refractivity contribution in [1.29, 1.82) is 0 Å². The number of hydrogen-bond acceptors (Lipinski definition) is 5. The standard InChI is InChI=1S/C13H13NO4/c1-8(13(16)17-2)14-10-7-12(15)18-11-6-4-3-5-9(10)11/h3-8,14H,1-2H3/t8-/m0/s1. The van der Waals surface area contributed by atoms with Crippen molar-refractivity contribution in [3.8, 4) is 0 Å². The van der Waals surface area contributed by atoms with Gasteiger partial charge in [-0.1, -0.05) is 12.1 Å². The van der Waals surface area contributed by atoms with Gasteiger partial charge in [0.25, 0.3) is 0 Å². The van der Waals surface area contributed by atoms with Gasteiger partial charge in [0.1, 0.15) is 11.6 Å². The Morgan fingerprint density at radius 3 is 2.83 bits per heavy atom. The molecule has 0 spiro atoms. The van der Waals surface area contributed by atoms with Gasteiger partial charge in [-0.3, -0.25) is 0 Å². The molecule has 0 radical (unpaired) electrons. The van der Waals surface area contributed by atoms with Crippen LogP contribution in [0.1, 0.15) is 6.92 Å². The van der Waals surface area contributed by atoms with E-state index in [9.17, 15) is 9.59 Å². The third kappa shape index (κ3) is 2.34. The minimum atomic E-state index is -0.541. The lowest BCUT2D eigenvalue weighted by molar-refractivity contribution is -0.141. The molecule has 94 valence electrons. The lowest BCUT2D eigenvalue weighted by Crippen LogP contribution is -2.27. The number of carbonyl (C=O) groups excluding carboxylic acids is 1. The first kappa shape index (κ1) is 12.2. The van der Waals surface area contributed by atoms with Gasteiger partial charge in [-0.2, -0.15) is 0 Å². The van der Waals surface area contributed by atoms with Gasteiger partial charge in [0, 0.05) is 11.5 Å². The number of methoxy groups -OCH3 is 1. The van der Waals surface area contributed by atoms with Crippen LogP contribution in [0.15, 0.2) is 39.5 Å². The van der Waals surface area contributed by atoms with E-state index in [1.54, 1.807) is 19.1 Å². The molecular weight excluding hydrogens is 234 g/mol. The molecule has 1 atom stereocenters. The van der Waals surface area contributed by atoms with Crippen LogP contribution < -0.4 is 10.9 Å². The second-order valence-corrected chi connectivity index (χ2v) is 3.86. The van der Waals surface area contributed by atoms with Crippen molar-refractivity contribution in [2.45, 2.75) is 13.0 Å². The van der Waals surface area contributed by atoms with Crippen LogP contribution in [0.4, 0.5) is 5.69 Å². The molecule has 1 aromatic heterocycles. The Balaban J connectivity index is 2.44. The van der Waals surface area contributed by atoms with Crippen LogP contribution in [0.5, 0.6) is 0 Å². The van der Waals surface area contributed by atoms with Gasteiger partial charge < -0.3 is 14.5 Å². The number of carbonyl (C=O) groups is 1. The molecule has 0 aliphatic rings. The summed E-state index contributed by atoms with van der Waals surface area (Å²) in [5.74, 6) is -0.396. The normalized spacial score (nSPS) is 12.1. The molecule has 1 N–H and O–H groups in total. The van der Waals surface area contributed by atoms with Crippen molar-refractivity contribution in [2.24, 2.45) is 0 Å². The van der Waals surface area contributed by atoms with Crippen LogP contribution in [-0.2, 0) is 9.53 Å². The Hall–Kier alpha value is -2.30. The second-order valence-electron chi connectivity index (χ2n) is 3.86. The molecule has 0 unspecified atom stereocenters. The average Bonchev–Trinajstić information content (AvgIpc) is 2.37. The second kappa shape index (κ2) is 4.91. The first-order valence-electron chi connectivity index (χ1n) is 5.49. The molecule has 5 nitrogen and oxygen atoms in total. The minimum Gasteiger partial charge on any atom is -0.467 e. The highest BCUT2D eigenvalue weighted by Gasteiger charge is 2.14. The number of nitrogens with one attached hydrogen (secondary N) is 1. The Labute approximate surface area is 103 Å². The number of fused-ring (bicyclic) bond motifs is 1. The van der Waals surface area contributed by atoms with E-state index in [0.29, 0.717) is 11.3 Å². The maximum atomic E-state index is 11.4. The topological polar surface area (TPSA) is 68.5 Å². The van der Waals surface area contributed by atoms with E-state index in [1.165, 1.54) is 13.2 Å². The third-order valence-corrected chi connectivity index (χ3v) is 2.58. The summed E-state index contributed by atoms with van der Waals surface area (Å²) in [6, 6.07) is 7.90. The van der Waals surface area contributed by atoms with Gasteiger partial charge in [-0.05, 0) is 19.1 Å². The molecule has 0 aliphatic carbocycles. The van der Waals surface area contributed by atoms with E-state index in [2.05, 4.69) is 10.1 Å². The fourth-order valence-electron chi connectivity index (χ4n) is 1.70. The molecule has 1 aromatic carbocycles. The molecule has 18 heavy (non-hydrogen) atoms. The summed E-state index contributed by atoms with van der Waals surface area (Å²) in [6.07, 6.45) is 0. The highest BCUT2D eigenvalue weighted by molar-refractivity contribution is 5.91. The summed E-state index contributed by atoms with van der Waals surface area (Å²) < 4.78 is 9.68. The molecular formula is C13H13NO4. The van der Waals surface area contributed by atoms with Crippen LogP contribution in [-0.4, -0.2) is 19.1 Å². The molecule has 2 aromatic rings. The monoisotopic (exact) mass is 247 g/mol. The van der Waals surface area contributed by atoms with Gasteiger partial charge in [0.2, 0.25) is 0 Å². The highest BCUT2D eigenvalue weighted by Crippen LogP contribution is 2.21. The largest absolute Gasteiger partial charge is 0.467 e. The molecule has 0 saturated carbocycles. The van der Waals surface area contributed by atoms with Crippen LogP contribution in [0.3, 0.4) is 0 Å². The summed E-state index contributed by atoms with van der Waals surface area (Å²) in [5.41, 5.74) is 0.567. The van der Waals surface area contributed by atoms with Gasteiger partial charge in [-0.25, -0.2) is 9.59 Å². The molecule has 0 aliphatic heterocycles. The Morgan fingerprint density at radius 1 is 1.39 bits per heavy atom. The Morgan fingerprint density at radius 2 is 2.11 bits per heavy atom. The van der Waals surface area contributed by atoms with Crippen LogP contribution in [0, 0.1) is 0 Å². The lowest BCUT2D eigenvalue weighted by atomic mass is 10.2. The van der Waals surface area contributed by atoms with Crippen molar-refractivity contribution in [1.82, 2.24) is 0 Å². The zero-order valence-corrected chi connectivity index (χ0v) is 10.1. The molecule has 0 bridgehead atoms. The van der Waals surface area contributed by atoms with Gasteiger partial charge >= 0.3 is 11.6 Å². The van der Waals surface area contributed by atoms with E-state index in [0.717, 1.165) is 5.39 Å². The molecule has 1 heterocycles. The van der Waals surface area contributed by atoms with Crippen molar-refractivity contribution >= 4 is 22.6 Å². The summed E-state index contributed by atoms with van der Waals surface area (Å²) in [4.78, 5) is 22.8. The average molecular weight is 247 g/mol. The van der Waals surface area contributed by atoms with E-state index >= 15 is 0 Å². The van der Waals surface area contributed by atoms with E-state index in [1.807, 2.05) is 12.1 Å². The number of rotatable bonds is 3. The van der Waals surface area contributed by atoms with E-state index in [-0.39, 0.29) is 0 Å². The predicted octanol–water partition coefficient (Wildman–Crippen LogP) is 1.77. The quantitative estimate of drug-likeness (QED) is 0.661. The Bertz CT molecular complexity index is 632. The summed E-state index contributed by atoms with van der Waals surface area (Å²) in [5, 5.41) is 3.69. The fraction of sp³-hybridized carbons (Fsp3) is 0.231. The van der Waals surface area contributed by atoms with Gasteiger partial charge in [0.15, 0.2) is 0 Å². The lowest BCUT2D eigenvalue weighted by Gasteiger charge is -2.13. The maximum absolute atomic E-state index is 11.4. The number of benzene rings is 1. The van der Waals surface area contributed by atoms with Gasteiger partial charge in [-0.15, -0.1) is 0 Å². The third-order valence-electron chi connectivity index (χ3n) is 2.58. The zero-order chi connectivity index (χ0) is 13.1. The molecule has 0 saturated heterocycles. The van der Waals surface area contributed by atoms with Crippen molar-refractivity contribution < 1.29 is 13.9 Å². The first-order valence-corrected chi connectivity index (χ1v) is 5.49. The number of ether oxygens (including phenoxy) is 1. The molecule has 0 fully saturated rings. The number of para-hydroxylation sites is 1. The van der Waals surface area contributed by atoms with Crippen LogP contribution in [0.2, 0.25) is 0 Å². The van der Waals surface area contributed by atoms with Crippen molar-refractivity contribution in [2.75, 3.05) is 12.4 Å². The molecule has 0 amide bonds. The molecule has 2 rings (SSSR count). The fourth-order valence-corrected chi connectivity index (χ4v) is 1.70. The smallest absolute Gasteiger partial charge is 0.338 e. The van der Waals surface area contributed by atoms with Gasteiger partial charge in [0.05, 0.1) is 12.8 Å². The first-order chi connectivity index (χ1) is 8.61. The van der Waals surface area contributed by atoms with Crippen molar-refractivity contribution in [3.63, 3.8) is 0 Å². The zero-order valence-electron chi connectivity index (χ0n) is 10.1. The number of hydrogen-bond donors (Lipinski definition) is 1. The maximum Gasteiger partial charge on any atom is 0.338 e. The number of anilines is 1. The van der Waals surface area contributed by atoms with E-state index in [4.69, 9.17) is 4.42 Å². The molecule has 5 heteroatoms. The Kier molecular flexibility index (Phi) is 3.32. The minimum absolute atomic E-state index is 0.396. The summed E-state index contributed by atoms with van der Waals surface area (Å²) in [7, 11) is 1.32. The van der Waals surface area contributed by atoms with Crippen LogP contribution >= 0.6 is 0 Å². The van der Waals surface area contributed by atoms with Crippen molar-refractivity contribution in [3.05, 3.63) is 40.8 Å². The van der Waals surface area contributed by atoms with E-state index < -0.39 is 17.6 Å². The van der Waals surface area contributed by atoms with Crippen LogP contribution in [0.25, 0.3) is 11.0 Å². The predicted molar refractivity (Wildman–Crippen MR) is 67.6 cm³/mol. The number of esters is 1. The SMILES string of the molecule is COC(=O)[C@H](C)Nc1cc(=O)oc2ccccc12. The highest BCUT2D eigenvalue weighted by atomic mass is 16.5. The summed E-state index contributed by atoms with van der Waals surface area (Å²) >= 11 is 0. The summed E-state index contributed by atoms with van der Waals surface area (Å²) in [6.45, 7) is 1.66.